The summed E-state index contributed by atoms with van der Waals surface area (Å²) in [7, 11) is 0. The van der Waals surface area contributed by atoms with Crippen molar-refractivity contribution in [2.24, 2.45) is 0 Å². The highest BCUT2D eigenvalue weighted by molar-refractivity contribution is 5.49. The van der Waals surface area contributed by atoms with Gasteiger partial charge < -0.3 is 14.8 Å². The average Bonchev–Trinajstić information content (AvgIpc) is 2.84. The highest BCUT2D eigenvalue weighted by Crippen LogP contribution is 2.43. The smallest absolute Gasteiger partial charge is 0.395 e. The van der Waals surface area contributed by atoms with Crippen molar-refractivity contribution in [2.45, 2.75) is 31.6 Å². The zero-order chi connectivity index (χ0) is 11.9. The van der Waals surface area contributed by atoms with Crippen molar-refractivity contribution in [1.29, 1.82) is 0 Å². The number of hydrogen-bond donors (Lipinski definition) is 1. The van der Waals surface area contributed by atoms with Gasteiger partial charge in [-0.3, -0.25) is 0 Å². The minimum Gasteiger partial charge on any atom is -0.395 e. The van der Waals surface area contributed by atoms with Crippen LogP contribution in [0, 0.1) is 0 Å². The molecule has 0 bridgehead atoms. The molecule has 1 N–H and O–H groups in total. The molecule has 1 aromatic rings. The maximum atomic E-state index is 13.0. The van der Waals surface area contributed by atoms with Gasteiger partial charge in [0, 0.05) is 6.04 Å². The van der Waals surface area contributed by atoms with E-state index in [0.717, 1.165) is 24.9 Å². The number of ether oxygens (including phenoxy) is 2. The molecule has 17 heavy (non-hydrogen) atoms. The quantitative estimate of drug-likeness (QED) is 0.861. The molecule has 0 aliphatic carbocycles. The zero-order valence-corrected chi connectivity index (χ0v) is 9.21. The lowest BCUT2D eigenvalue weighted by molar-refractivity contribution is -0.286. The SMILES string of the molecule is FC1(F)Oc2cccc(CC3CCCN3)c2O1. The summed E-state index contributed by atoms with van der Waals surface area (Å²) in [5, 5.41) is 3.33. The van der Waals surface area contributed by atoms with E-state index in [1.165, 1.54) is 6.07 Å². The van der Waals surface area contributed by atoms with Gasteiger partial charge >= 0.3 is 6.29 Å². The highest BCUT2D eigenvalue weighted by atomic mass is 19.3. The van der Waals surface area contributed by atoms with Crippen molar-refractivity contribution < 1.29 is 18.3 Å². The summed E-state index contributed by atoms with van der Waals surface area (Å²) in [4.78, 5) is 0. The number of alkyl halides is 2. The van der Waals surface area contributed by atoms with Gasteiger partial charge in [-0.25, -0.2) is 0 Å². The van der Waals surface area contributed by atoms with Crippen molar-refractivity contribution in [3.63, 3.8) is 0 Å². The van der Waals surface area contributed by atoms with Crippen LogP contribution in [0.2, 0.25) is 0 Å². The predicted molar refractivity (Wildman–Crippen MR) is 57.4 cm³/mol. The summed E-state index contributed by atoms with van der Waals surface area (Å²) in [6, 6.07) is 5.37. The number of halogens is 2. The first kappa shape index (κ1) is 10.8. The second-order valence-electron chi connectivity index (χ2n) is 4.41. The summed E-state index contributed by atoms with van der Waals surface area (Å²) < 4.78 is 34.9. The Morgan fingerprint density at radius 1 is 1.35 bits per heavy atom. The standard InChI is InChI=1S/C12H13F2NO2/c13-12(14)16-10-5-1-3-8(11(10)17-12)7-9-4-2-6-15-9/h1,3,5,9,15H,2,4,6-7H2. The number of benzene rings is 1. The Kier molecular flexibility index (Phi) is 2.43. The van der Waals surface area contributed by atoms with E-state index >= 15 is 0 Å². The number of hydrogen-bond acceptors (Lipinski definition) is 3. The fraction of sp³-hybridized carbons (Fsp3) is 0.500. The molecule has 0 amide bonds. The Labute approximate surface area is 97.7 Å². The highest BCUT2D eigenvalue weighted by Gasteiger charge is 2.44. The molecule has 1 fully saturated rings. The zero-order valence-electron chi connectivity index (χ0n) is 9.21. The topological polar surface area (TPSA) is 30.5 Å². The average molecular weight is 241 g/mol. The molecule has 0 spiro atoms. The molecule has 1 atom stereocenters. The third kappa shape index (κ3) is 2.07. The Morgan fingerprint density at radius 2 is 2.24 bits per heavy atom. The second-order valence-corrected chi connectivity index (χ2v) is 4.41. The molecule has 2 aliphatic heterocycles. The molecular weight excluding hydrogens is 228 g/mol. The Bertz CT molecular complexity index is 431. The van der Waals surface area contributed by atoms with E-state index in [0.29, 0.717) is 12.5 Å². The van der Waals surface area contributed by atoms with Gasteiger partial charge in [0.2, 0.25) is 0 Å². The van der Waals surface area contributed by atoms with E-state index in [-0.39, 0.29) is 11.5 Å². The molecule has 0 radical (unpaired) electrons. The van der Waals surface area contributed by atoms with Crippen molar-refractivity contribution in [2.75, 3.05) is 6.54 Å². The molecule has 1 saturated heterocycles. The van der Waals surface area contributed by atoms with E-state index in [9.17, 15) is 8.78 Å². The molecule has 1 aromatic carbocycles. The molecule has 92 valence electrons. The summed E-state index contributed by atoms with van der Waals surface area (Å²) >= 11 is 0. The van der Waals surface area contributed by atoms with Crippen LogP contribution >= 0.6 is 0 Å². The number of nitrogens with one attached hydrogen (secondary N) is 1. The first-order chi connectivity index (χ1) is 8.14. The van der Waals surface area contributed by atoms with E-state index < -0.39 is 6.29 Å². The van der Waals surface area contributed by atoms with Crippen LogP contribution in [-0.4, -0.2) is 18.9 Å². The van der Waals surface area contributed by atoms with Crippen molar-refractivity contribution in [3.05, 3.63) is 23.8 Å². The minimum atomic E-state index is -3.53. The Morgan fingerprint density at radius 3 is 3.00 bits per heavy atom. The normalized spacial score (nSPS) is 25.2. The van der Waals surface area contributed by atoms with Crippen molar-refractivity contribution in [3.8, 4) is 11.5 Å². The third-order valence-electron chi connectivity index (χ3n) is 3.14. The lowest BCUT2D eigenvalue weighted by atomic mass is 10.0. The van der Waals surface area contributed by atoms with E-state index in [4.69, 9.17) is 0 Å². The van der Waals surface area contributed by atoms with Crippen LogP contribution in [0.3, 0.4) is 0 Å². The van der Waals surface area contributed by atoms with Crippen molar-refractivity contribution >= 4 is 0 Å². The molecule has 0 aromatic heterocycles. The van der Waals surface area contributed by atoms with Crippen LogP contribution in [0.25, 0.3) is 0 Å². The fourth-order valence-electron chi connectivity index (χ4n) is 2.38. The van der Waals surface area contributed by atoms with Gasteiger partial charge in [0.1, 0.15) is 0 Å². The second kappa shape index (κ2) is 3.84. The summed E-state index contributed by atoms with van der Waals surface area (Å²) in [5.74, 6) is 0.316. The van der Waals surface area contributed by atoms with Crippen molar-refractivity contribution in [1.82, 2.24) is 5.32 Å². The lowest BCUT2D eigenvalue weighted by Gasteiger charge is -2.12. The van der Waals surface area contributed by atoms with Crippen LogP contribution in [0.5, 0.6) is 11.5 Å². The van der Waals surface area contributed by atoms with Gasteiger partial charge in [-0.2, -0.15) is 0 Å². The maximum Gasteiger partial charge on any atom is 0.586 e. The van der Waals surface area contributed by atoms with E-state index in [1.807, 2.05) is 6.07 Å². The Hall–Kier alpha value is -1.36. The largest absolute Gasteiger partial charge is 0.586 e. The van der Waals surface area contributed by atoms with Crippen LogP contribution in [-0.2, 0) is 6.42 Å². The van der Waals surface area contributed by atoms with Crippen LogP contribution in [0.15, 0.2) is 18.2 Å². The molecule has 5 heteroatoms. The van der Waals surface area contributed by atoms with E-state index in [2.05, 4.69) is 14.8 Å². The number of rotatable bonds is 2. The molecule has 1 unspecified atom stereocenters. The van der Waals surface area contributed by atoms with Gasteiger partial charge in [0.15, 0.2) is 11.5 Å². The molecule has 3 nitrogen and oxygen atoms in total. The molecule has 3 rings (SSSR count). The lowest BCUT2D eigenvalue weighted by Crippen LogP contribution is -2.26. The molecule has 0 saturated carbocycles. The van der Waals surface area contributed by atoms with Gasteiger partial charge in [-0.15, -0.1) is 8.78 Å². The molecule has 2 aliphatic rings. The molecular formula is C12H13F2NO2. The monoisotopic (exact) mass is 241 g/mol. The van der Waals surface area contributed by atoms with Gasteiger partial charge in [-0.05, 0) is 37.4 Å². The maximum absolute atomic E-state index is 13.0. The number of fused-ring (bicyclic) bond motifs is 1. The first-order valence-corrected chi connectivity index (χ1v) is 5.75. The van der Waals surface area contributed by atoms with E-state index in [1.54, 1.807) is 6.07 Å². The predicted octanol–water partition coefficient (Wildman–Crippen LogP) is 2.30. The minimum absolute atomic E-state index is 0.130. The summed E-state index contributed by atoms with van der Waals surface area (Å²) in [6.07, 6.45) is -0.627. The van der Waals surface area contributed by atoms with Gasteiger partial charge in [0.05, 0.1) is 0 Å². The van der Waals surface area contributed by atoms with Gasteiger partial charge in [-0.1, -0.05) is 12.1 Å². The van der Waals surface area contributed by atoms with Crippen LogP contribution in [0.1, 0.15) is 18.4 Å². The summed E-state index contributed by atoms with van der Waals surface area (Å²) in [6.45, 7) is 0.993. The summed E-state index contributed by atoms with van der Waals surface area (Å²) in [5.41, 5.74) is 0.777. The first-order valence-electron chi connectivity index (χ1n) is 5.75. The Balaban J connectivity index is 1.84. The number of para-hydroxylation sites is 1. The molecule has 2 heterocycles. The third-order valence-corrected chi connectivity index (χ3v) is 3.14. The van der Waals surface area contributed by atoms with Gasteiger partial charge in [0.25, 0.3) is 0 Å². The van der Waals surface area contributed by atoms with Crippen LogP contribution < -0.4 is 14.8 Å². The fourth-order valence-corrected chi connectivity index (χ4v) is 2.38. The van der Waals surface area contributed by atoms with Crippen LogP contribution in [0.4, 0.5) is 8.78 Å².